The molecule has 1 aliphatic rings. The predicted molar refractivity (Wildman–Crippen MR) is 46.3 cm³/mol. The maximum absolute atomic E-state index is 9.49. The maximum atomic E-state index is 9.49. The molecular weight excluding hydrogens is 168 g/mol. The van der Waals surface area contributed by atoms with Crippen LogP contribution in [-0.4, -0.2) is 25.8 Å². The molecular formula is C9H12N2O2. The second-order valence-electron chi connectivity index (χ2n) is 3.90. The quantitative estimate of drug-likeness (QED) is 0.671. The molecule has 13 heavy (non-hydrogen) atoms. The van der Waals surface area contributed by atoms with Crippen molar-refractivity contribution in [3.8, 4) is 5.75 Å². The largest absolute Gasteiger partial charge is 0.505 e. The van der Waals surface area contributed by atoms with E-state index >= 15 is 0 Å². The molecule has 0 amide bonds. The molecule has 0 radical (unpaired) electrons. The molecule has 4 heteroatoms. The van der Waals surface area contributed by atoms with Crippen molar-refractivity contribution in [1.82, 2.24) is 9.97 Å². The summed E-state index contributed by atoms with van der Waals surface area (Å²) in [6.07, 6.45) is 4.18. The van der Waals surface area contributed by atoms with E-state index in [-0.39, 0.29) is 11.7 Å². The second-order valence-corrected chi connectivity index (χ2v) is 3.90. The van der Waals surface area contributed by atoms with Crippen LogP contribution in [-0.2, 0) is 0 Å². The maximum Gasteiger partial charge on any atom is 0.152 e. The Morgan fingerprint density at radius 3 is 2.38 bits per heavy atom. The average Bonchev–Trinajstić information content (AvgIpc) is 2.01. The fraction of sp³-hybridized carbons (Fsp3) is 0.556. The van der Waals surface area contributed by atoms with Crippen molar-refractivity contribution in [2.45, 2.75) is 31.3 Å². The first-order valence-electron chi connectivity index (χ1n) is 4.30. The summed E-state index contributed by atoms with van der Waals surface area (Å²) in [5.41, 5.74) is -0.550. The van der Waals surface area contributed by atoms with Gasteiger partial charge in [0.15, 0.2) is 5.75 Å². The topological polar surface area (TPSA) is 66.2 Å². The predicted octanol–water partition coefficient (Wildman–Crippen LogP) is 0.811. The SMILES string of the molecule is CC1(O)CC(c2ncc(O)cn2)C1. The molecule has 0 aliphatic heterocycles. The van der Waals surface area contributed by atoms with E-state index in [2.05, 4.69) is 9.97 Å². The fourth-order valence-electron chi connectivity index (χ4n) is 1.73. The number of rotatable bonds is 1. The van der Waals surface area contributed by atoms with Gasteiger partial charge >= 0.3 is 0 Å². The molecule has 1 aromatic heterocycles. The zero-order valence-electron chi connectivity index (χ0n) is 7.44. The minimum absolute atomic E-state index is 0.0785. The first-order chi connectivity index (χ1) is 6.07. The van der Waals surface area contributed by atoms with Gasteiger partial charge in [0.05, 0.1) is 18.0 Å². The Bertz CT molecular complexity index is 300. The molecule has 0 unspecified atom stereocenters. The highest BCUT2D eigenvalue weighted by Crippen LogP contribution is 2.42. The van der Waals surface area contributed by atoms with E-state index in [1.807, 2.05) is 6.92 Å². The Hall–Kier alpha value is -1.16. The van der Waals surface area contributed by atoms with Gasteiger partial charge in [0.2, 0.25) is 0 Å². The van der Waals surface area contributed by atoms with Gasteiger partial charge in [-0.2, -0.15) is 0 Å². The third kappa shape index (κ3) is 1.62. The van der Waals surface area contributed by atoms with Gasteiger partial charge in [0.25, 0.3) is 0 Å². The fourth-order valence-corrected chi connectivity index (χ4v) is 1.73. The van der Waals surface area contributed by atoms with Gasteiger partial charge in [-0.25, -0.2) is 9.97 Å². The van der Waals surface area contributed by atoms with Gasteiger partial charge in [-0.1, -0.05) is 0 Å². The second kappa shape index (κ2) is 2.67. The summed E-state index contributed by atoms with van der Waals surface area (Å²) < 4.78 is 0. The van der Waals surface area contributed by atoms with Crippen LogP contribution in [0.25, 0.3) is 0 Å². The van der Waals surface area contributed by atoms with Crippen molar-refractivity contribution in [1.29, 1.82) is 0 Å². The van der Waals surface area contributed by atoms with Crippen molar-refractivity contribution in [2.75, 3.05) is 0 Å². The number of nitrogens with zero attached hydrogens (tertiary/aromatic N) is 2. The van der Waals surface area contributed by atoms with Crippen molar-refractivity contribution in [2.24, 2.45) is 0 Å². The van der Waals surface area contributed by atoms with Gasteiger partial charge in [-0.05, 0) is 19.8 Å². The Kier molecular flexibility index (Phi) is 1.73. The Labute approximate surface area is 76.3 Å². The smallest absolute Gasteiger partial charge is 0.152 e. The van der Waals surface area contributed by atoms with Gasteiger partial charge in [-0.3, -0.25) is 0 Å². The molecule has 2 rings (SSSR count). The lowest BCUT2D eigenvalue weighted by molar-refractivity contribution is -0.0334. The highest BCUT2D eigenvalue weighted by molar-refractivity contribution is 5.14. The molecule has 0 aromatic carbocycles. The van der Waals surface area contributed by atoms with Crippen LogP contribution in [0.5, 0.6) is 5.75 Å². The lowest BCUT2D eigenvalue weighted by Gasteiger charge is -2.39. The van der Waals surface area contributed by atoms with Gasteiger partial charge < -0.3 is 10.2 Å². The van der Waals surface area contributed by atoms with E-state index in [0.717, 1.165) is 0 Å². The average molecular weight is 180 g/mol. The van der Waals surface area contributed by atoms with Crippen LogP contribution in [0, 0.1) is 0 Å². The Balaban J connectivity index is 2.08. The van der Waals surface area contributed by atoms with Crippen LogP contribution in [0.2, 0.25) is 0 Å². The number of aromatic hydroxyl groups is 1. The number of hydrogen-bond acceptors (Lipinski definition) is 4. The highest BCUT2D eigenvalue weighted by Gasteiger charge is 2.40. The molecule has 2 N–H and O–H groups in total. The standard InChI is InChI=1S/C9H12N2O2/c1-9(13)2-6(3-9)8-10-4-7(12)5-11-8/h4-6,12-13H,2-3H2,1H3. The number of aromatic nitrogens is 2. The third-order valence-corrected chi connectivity index (χ3v) is 2.40. The molecule has 1 heterocycles. The molecule has 0 bridgehead atoms. The van der Waals surface area contributed by atoms with Crippen LogP contribution in [0.1, 0.15) is 31.5 Å². The number of aliphatic hydroxyl groups is 1. The van der Waals surface area contributed by atoms with Gasteiger partial charge in [0, 0.05) is 5.92 Å². The minimum atomic E-state index is -0.550. The molecule has 1 fully saturated rings. The van der Waals surface area contributed by atoms with E-state index in [4.69, 9.17) is 5.11 Å². The first kappa shape index (κ1) is 8.44. The summed E-state index contributed by atoms with van der Waals surface area (Å²) in [5.74, 6) is 1.04. The van der Waals surface area contributed by atoms with E-state index in [1.165, 1.54) is 12.4 Å². The first-order valence-corrected chi connectivity index (χ1v) is 4.30. The summed E-state index contributed by atoms with van der Waals surface area (Å²) >= 11 is 0. The molecule has 0 saturated heterocycles. The minimum Gasteiger partial charge on any atom is -0.505 e. The molecule has 0 spiro atoms. The summed E-state index contributed by atoms with van der Waals surface area (Å²) in [5, 5.41) is 18.5. The van der Waals surface area contributed by atoms with Crippen molar-refractivity contribution < 1.29 is 10.2 Å². The van der Waals surface area contributed by atoms with Gasteiger partial charge in [0.1, 0.15) is 5.82 Å². The third-order valence-electron chi connectivity index (χ3n) is 2.40. The van der Waals surface area contributed by atoms with Crippen molar-refractivity contribution >= 4 is 0 Å². The number of hydrogen-bond donors (Lipinski definition) is 2. The molecule has 1 aliphatic carbocycles. The summed E-state index contributed by atoms with van der Waals surface area (Å²) in [6.45, 7) is 1.81. The monoisotopic (exact) mass is 180 g/mol. The lowest BCUT2D eigenvalue weighted by atomic mass is 9.72. The van der Waals surface area contributed by atoms with Crippen molar-refractivity contribution in [3.05, 3.63) is 18.2 Å². The Morgan fingerprint density at radius 2 is 1.92 bits per heavy atom. The normalized spacial score (nSPS) is 32.6. The summed E-state index contributed by atoms with van der Waals surface area (Å²) in [6, 6.07) is 0. The Morgan fingerprint density at radius 1 is 1.38 bits per heavy atom. The lowest BCUT2D eigenvalue weighted by Crippen LogP contribution is -2.39. The van der Waals surface area contributed by atoms with Gasteiger partial charge in [-0.15, -0.1) is 0 Å². The molecule has 1 aromatic rings. The van der Waals surface area contributed by atoms with Crippen LogP contribution in [0.4, 0.5) is 0 Å². The van der Waals surface area contributed by atoms with E-state index in [0.29, 0.717) is 18.7 Å². The zero-order valence-corrected chi connectivity index (χ0v) is 7.44. The van der Waals surface area contributed by atoms with Crippen LogP contribution in [0.15, 0.2) is 12.4 Å². The zero-order chi connectivity index (χ0) is 9.47. The van der Waals surface area contributed by atoms with Crippen LogP contribution in [0.3, 0.4) is 0 Å². The van der Waals surface area contributed by atoms with Crippen LogP contribution >= 0.6 is 0 Å². The van der Waals surface area contributed by atoms with E-state index in [1.54, 1.807) is 0 Å². The van der Waals surface area contributed by atoms with E-state index in [9.17, 15) is 5.11 Å². The highest BCUT2D eigenvalue weighted by atomic mass is 16.3. The van der Waals surface area contributed by atoms with Crippen LogP contribution < -0.4 is 0 Å². The van der Waals surface area contributed by atoms with E-state index < -0.39 is 5.60 Å². The summed E-state index contributed by atoms with van der Waals surface area (Å²) in [4.78, 5) is 7.99. The van der Waals surface area contributed by atoms with Crippen molar-refractivity contribution in [3.63, 3.8) is 0 Å². The molecule has 70 valence electrons. The molecule has 1 saturated carbocycles. The summed E-state index contributed by atoms with van der Waals surface area (Å²) in [7, 11) is 0. The molecule has 0 atom stereocenters. The molecule has 4 nitrogen and oxygen atoms in total.